The van der Waals surface area contributed by atoms with Crippen LogP contribution < -0.4 is 5.32 Å². The van der Waals surface area contributed by atoms with E-state index in [2.05, 4.69) is 12.2 Å². The van der Waals surface area contributed by atoms with E-state index in [1.165, 1.54) is 6.07 Å². The summed E-state index contributed by atoms with van der Waals surface area (Å²) in [6, 6.07) is 7.97. The van der Waals surface area contributed by atoms with Crippen molar-refractivity contribution >= 4 is 0 Å². The molecule has 3 nitrogen and oxygen atoms in total. The Bertz CT molecular complexity index is 478. The second-order valence-corrected chi connectivity index (χ2v) is 6.58. The lowest BCUT2D eigenvalue weighted by Gasteiger charge is -2.36. The van der Waals surface area contributed by atoms with E-state index in [1.807, 2.05) is 12.1 Å². The van der Waals surface area contributed by atoms with Gasteiger partial charge in [0.15, 0.2) is 5.79 Å². The second-order valence-electron chi connectivity index (χ2n) is 6.58. The van der Waals surface area contributed by atoms with E-state index in [0.29, 0.717) is 12.1 Å². The second kappa shape index (κ2) is 7.07. The normalized spacial score (nSPS) is 23.0. The maximum atomic E-state index is 13.6. The van der Waals surface area contributed by atoms with Crippen LogP contribution in [0.2, 0.25) is 0 Å². The summed E-state index contributed by atoms with van der Waals surface area (Å²) in [5, 5.41) is 3.68. The molecule has 2 fully saturated rings. The number of benzene rings is 1. The number of halogens is 1. The zero-order chi connectivity index (χ0) is 15.4. The molecule has 2 aliphatic rings. The summed E-state index contributed by atoms with van der Waals surface area (Å²) in [5.74, 6) is -0.376. The molecule has 1 N–H and O–H groups in total. The van der Waals surface area contributed by atoms with Gasteiger partial charge < -0.3 is 14.8 Å². The fraction of sp³-hybridized carbons (Fsp3) is 0.667. The van der Waals surface area contributed by atoms with Crippen molar-refractivity contribution in [3.05, 3.63) is 35.6 Å². The van der Waals surface area contributed by atoms with E-state index in [1.54, 1.807) is 6.07 Å². The maximum Gasteiger partial charge on any atom is 0.168 e. The zero-order valence-corrected chi connectivity index (χ0v) is 13.3. The predicted octanol–water partition coefficient (Wildman–Crippen LogP) is 3.42. The first kappa shape index (κ1) is 15.9. The van der Waals surface area contributed by atoms with E-state index in [4.69, 9.17) is 9.47 Å². The minimum absolute atomic E-state index is 0.0927. The molecule has 0 radical (unpaired) electrons. The van der Waals surface area contributed by atoms with Crippen molar-refractivity contribution < 1.29 is 13.9 Å². The van der Waals surface area contributed by atoms with Crippen molar-refractivity contribution in [3.8, 4) is 0 Å². The molecule has 1 saturated heterocycles. The van der Waals surface area contributed by atoms with Gasteiger partial charge in [-0.2, -0.15) is 0 Å². The average molecular weight is 307 g/mol. The largest absolute Gasteiger partial charge is 0.348 e. The first-order chi connectivity index (χ1) is 10.7. The van der Waals surface area contributed by atoms with Gasteiger partial charge in [0.25, 0.3) is 0 Å². The number of hydrogen-bond donors (Lipinski definition) is 1. The maximum absolute atomic E-state index is 13.6. The van der Waals surface area contributed by atoms with Crippen LogP contribution in [0.1, 0.15) is 44.6 Å². The van der Waals surface area contributed by atoms with Crippen molar-refractivity contribution in [1.29, 1.82) is 0 Å². The Balaban J connectivity index is 1.41. The Hall–Kier alpha value is -0.970. The number of aryl methyl sites for hydroxylation is 1. The van der Waals surface area contributed by atoms with Crippen LogP contribution in [0.25, 0.3) is 0 Å². The SMILES string of the molecule is CC(CCc1ccccc1F)NC1CCC2(CC1)OCCO2. The molecule has 4 heteroatoms. The van der Waals surface area contributed by atoms with Gasteiger partial charge in [0, 0.05) is 24.9 Å². The van der Waals surface area contributed by atoms with Crippen LogP contribution in [-0.4, -0.2) is 31.1 Å². The predicted molar refractivity (Wildman–Crippen MR) is 84.2 cm³/mol. The molecular weight excluding hydrogens is 281 g/mol. The summed E-state index contributed by atoms with van der Waals surface area (Å²) in [6.07, 6.45) is 5.86. The van der Waals surface area contributed by atoms with Crippen LogP contribution >= 0.6 is 0 Å². The average Bonchev–Trinajstić information content (AvgIpc) is 2.97. The summed E-state index contributed by atoms with van der Waals surface area (Å²) in [4.78, 5) is 0. The van der Waals surface area contributed by atoms with Crippen molar-refractivity contribution in [2.45, 2.75) is 63.3 Å². The molecule has 1 aromatic carbocycles. The fourth-order valence-electron chi connectivity index (χ4n) is 3.57. The van der Waals surface area contributed by atoms with Gasteiger partial charge in [0.05, 0.1) is 13.2 Å². The molecule has 22 heavy (non-hydrogen) atoms. The molecule has 122 valence electrons. The molecule has 1 heterocycles. The summed E-state index contributed by atoms with van der Waals surface area (Å²) in [5.41, 5.74) is 0.812. The Labute approximate surface area is 132 Å². The topological polar surface area (TPSA) is 30.5 Å². The van der Waals surface area contributed by atoms with Crippen molar-refractivity contribution in [2.75, 3.05) is 13.2 Å². The van der Waals surface area contributed by atoms with Crippen LogP contribution in [-0.2, 0) is 15.9 Å². The molecule has 1 spiro atoms. The standard InChI is InChI=1S/C18H26FNO2/c1-14(6-7-15-4-2-3-5-17(15)19)20-16-8-10-18(11-9-16)21-12-13-22-18/h2-5,14,16,20H,6-13H2,1H3. The van der Waals surface area contributed by atoms with E-state index in [0.717, 1.165) is 57.3 Å². The zero-order valence-electron chi connectivity index (χ0n) is 13.3. The Morgan fingerprint density at radius 1 is 1.23 bits per heavy atom. The van der Waals surface area contributed by atoms with Crippen LogP contribution in [0.5, 0.6) is 0 Å². The fourth-order valence-corrected chi connectivity index (χ4v) is 3.57. The van der Waals surface area contributed by atoms with E-state index in [9.17, 15) is 4.39 Å². The highest BCUT2D eigenvalue weighted by Gasteiger charge is 2.40. The molecule has 0 amide bonds. The number of nitrogens with one attached hydrogen (secondary N) is 1. The number of rotatable bonds is 5. The molecule has 1 saturated carbocycles. The summed E-state index contributed by atoms with van der Waals surface area (Å²) < 4.78 is 25.1. The molecule has 1 aliphatic heterocycles. The van der Waals surface area contributed by atoms with Crippen LogP contribution in [0.15, 0.2) is 24.3 Å². The monoisotopic (exact) mass is 307 g/mol. The molecule has 3 rings (SSSR count). The third kappa shape index (κ3) is 3.86. The lowest BCUT2D eigenvalue weighted by atomic mass is 9.89. The highest BCUT2D eigenvalue weighted by molar-refractivity contribution is 5.17. The third-order valence-corrected chi connectivity index (χ3v) is 4.89. The van der Waals surface area contributed by atoms with Gasteiger partial charge in [-0.3, -0.25) is 0 Å². The van der Waals surface area contributed by atoms with Crippen LogP contribution in [0.4, 0.5) is 4.39 Å². The quantitative estimate of drug-likeness (QED) is 0.904. The number of ether oxygens (including phenoxy) is 2. The van der Waals surface area contributed by atoms with Crippen LogP contribution in [0.3, 0.4) is 0 Å². The van der Waals surface area contributed by atoms with E-state index < -0.39 is 0 Å². The summed E-state index contributed by atoms with van der Waals surface area (Å²) in [6.45, 7) is 3.65. The molecular formula is C18H26FNO2. The lowest BCUT2D eigenvalue weighted by Crippen LogP contribution is -2.44. The van der Waals surface area contributed by atoms with Gasteiger partial charge in [-0.05, 0) is 44.2 Å². The van der Waals surface area contributed by atoms with Gasteiger partial charge in [0.2, 0.25) is 0 Å². The Morgan fingerprint density at radius 2 is 1.91 bits per heavy atom. The number of hydrogen-bond acceptors (Lipinski definition) is 3. The first-order valence-electron chi connectivity index (χ1n) is 8.44. The third-order valence-electron chi connectivity index (χ3n) is 4.89. The highest BCUT2D eigenvalue weighted by atomic mass is 19.1. The molecule has 1 aliphatic carbocycles. The highest BCUT2D eigenvalue weighted by Crippen LogP contribution is 2.35. The lowest BCUT2D eigenvalue weighted by molar-refractivity contribution is -0.179. The summed E-state index contributed by atoms with van der Waals surface area (Å²) >= 11 is 0. The molecule has 0 aromatic heterocycles. The van der Waals surface area contributed by atoms with Crippen molar-refractivity contribution in [3.63, 3.8) is 0 Å². The molecule has 0 bridgehead atoms. The Kier molecular flexibility index (Phi) is 5.11. The Morgan fingerprint density at radius 3 is 2.59 bits per heavy atom. The van der Waals surface area contributed by atoms with Gasteiger partial charge in [-0.1, -0.05) is 18.2 Å². The summed E-state index contributed by atoms with van der Waals surface area (Å²) in [7, 11) is 0. The molecule has 1 aromatic rings. The van der Waals surface area contributed by atoms with Gasteiger partial charge in [-0.25, -0.2) is 4.39 Å². The molecule has 1 atom stereocenters. The van der Waals surface area contributed by atoms with Crippen molar-refractivity contribution in [2.24, 2.45) is 0 Å². The van der Waals surface area contributed by atoms with Crippen molar-refractivity contribution in [1.82, 2.24) is 5.32 Å². The minimum Gasteiger partial charge on any atom is -0.348 e. The van der Waals surface area contributed by atoms with Gasteiger partial charge in [-0.15, -0.1) is 0 Å². The van der Waals surface area contributed by atoms with E-state index in [-0.39, 0.29) is 11.6 Å². The van der Waals surface area contributed by atoms with Gasteiger partial charge in [0.1, 0.15) is 5.82 Å². The van der Waals surface area contributed by atoms with Crippen LogP contribution in [0, 0.1) is 5.82 Å². The first-order valence-corrected chi connectivity index (χ1v) is 8.44. The van der Waals surface area contributed by atoms with E-state index >= 15 is 0 Å². The smallest absolute Gasteiger partial charge is 0.168 e. The minimum atomic E-state index is -0.283. The van der Waals surface area contributed by atoms with Gasteiger partial charge >= 0.3 is 0 Å². The molecule has 1 unspecified atom stereocenters.